The van der Waals surface area contributed by atoms with Crippen molar-refractivity contribution in [2.75, 3.05) is 5.32 Å². The van der Waals surface area contributed by atoms with Crippen molar-refractivity contribution in [3.8, 4) is 0 Å². The minimum Gasteiger partial charge on any atom is -0.370 e. The summed E-state index contributed by atoms with van der Waals surface area (Å²) >= 11 is 0. The van der Waals surface area contributed by atoms with E-state index in [4.69, 9.17) is 5.41 Å². The quantitative estimate of drug-likeness (QED) is 0.608. The van der Waals surface area contributed by atoms with Gasteiger partial charge in [-0.15, -0.1) is 0 Å². The first kappa shape index (κ1) is 7.03. The van der Waals surface area contributed by atoms with Gasteiger partial charge in [0.15, 0.2) is 5.78 Å². The Morgan fingerprint density at radius 1 is 1.42 bits per heavy atom. The van der Waals surface area contributed by atoms with Crippen LogP contribution in [0, 0.1) is 5.41 Å². The number of ketones is 1. The van der Waals surface area contributed by atoms with Gasteiger partial charge in [0.1, 0.15) is 6.04 Å². The predicted molar refractivity (Wildman–Crippen MR) is 47.0 cm³/mol. The van der Waals surface area contributed by atoms with Gasteiger partial charge in [0.2, 0.25) is 0 Å². The van der Waals surface area contributed by atoms with Crippen molar-refractivity contribution in [3.05, 3.63) is 29.8 Å². The average Bonchev–Trinajstić information content (AvgIpc) is 2.44. The Kier molecular flexibility index (Phi) is 1.43. The van der Waals surface area contributed by atoms with Gasteiger partial charge in [-0.1, -0.05) is 12.1 Å². The lowest BCUT2D eigenvalue weighted by atomic mass is 10.1. The number of carbonyl (C=O) groups excluding carboxylic acids is 1. The van der Waals surface area contributed by atoms with Gasteiger partial charge in [0.25, 0.3) is 0 Å². The van der Waals surface area contributed by atoms with E-state index in [2.05, 4.69) is 5.32 Å². The molecule has 0 aromatic heterocycles. The smallest absolute Gasteiger partial charge is 0.192 e. The molecule has 0 aliphatic carbocycles. The highest BCUT2D eigenvalue weighted by atomic mass is 16.1. The van der Waals surface area contributed by atoms with Crippen molar-refractivity contribution in [3.63, 3.8) is 0 Å². The zero-order valence-corrected chi connectivity index (χ0v) is 6.37. The van der Waals surface area contributed by atoms with Gasteiger partial charge in [-0.2, -0.15) is 0 Å². The topological polar surface area (TPSA) is 53.0 Å². The summed E-state index contributed by atoms with van der Waals surface area (Å²) in [5, 5.41) is 9.94. The first-order valence-corrected chi connectivity index (χ1v) is 3.73. The molecule has 1 aromatic carbocycles. The van der Waals surface area contributed by atoms with Crippen LogP contribution < -0.4 is 5.32 Å². The molecule has 60 valence electrons. The maximum atomic E-state index is 11.4. The molecule has 0 fully saturated rings. The Bertz CT molecular complexity index is 346. The summed E-state index contributed by atoms with van der Waals surface area (Å²) in [6.07, 6.45) is 1.13. The van der Waals surface area contributed by atoms with Crippen molar-refractivity contribution < 1.29 is 4.79 Å². The number of hydrogen-bond acceptors (Lipinski definition) is 3. The summed E-state index contributed by atoms with van der Waals surface area (Å²) in [6.45, 7) is 0. The lowest BCUT2D eigenvalue weighted by molar-refractivity contribution is 0.1000. The molecule has 3 nitrogen and oxygen atoms in total. The van der Waals surface area contributed by atoms with Crippen LogP contribution in [0.5, 0.6) is 0 Å². The molecule has 0 radical (unpaired) electrons. The summed E-state index contributed by atoms with van der Waals surface area (Å²) < 4.78 is 0. The number of rotatable bonds is 1. The van der Waals surface area contributed by atoms with E-state index in [1.807, 2.05) is 18.2 Å². The van der Waals surface area contributed by atoms with Crippen LogP contribution >= 0.6 is 0 Å². The third kappa shape index (κ3) is 0.830. The normalized spacial score (nSPS) is 20.0. The summed E-state index contributed by atoms with van der Waals surface area (Å²) in [6, 6.07) is 6.85. The second-order valence-electron chi connectivity index (χ2n) is 2.70. The van der Waals surface area contributed by atoms with E-state index in [0.717, 1.165) is 11.9 Å². The molecule has 0 amide bonds. The number of hydrogen-bond donors (Lipinski definition) is 2. The van der Waals surface area contributed by atoms with Crippen molar-refractivity contribution in [2.45, 2.75) is 6.04 Å². The van der Waals surface area contributed by atoms with E-state index in [1.165, 1.54) is 0 Å². The molecule has 1 aliphatic heterocycles. The van der Waals surface area contributed by atoms with Gasteiger partial charge >= 0.3 is 0 Å². The van der Waals surface area contributed by atoms with Crippen LogP contribution in [-0.2, 0) is 0 Å². The van der Waals surface area contributed by atoms with Crippen LogP contribution in [-0.4, -0.2) is 18.0 Å². The van der Waals surface area contributed by atoms with Gasteiger partial charge < -0.3 is 10.7 Å². The van der Waals surface area contributed by atoms with Crippen molar-refractivity contribution >= 4 is 17.7 Å². The Morgan fingerprint density at radius 2 is 2.17 bits per heavy atom. The monoisotopic (exact) mass is 160 g/mol. The molecule has 0 spiro atoms. The Labute approximate surface area is 69.9 Å². The number of Topliss-reactive ketones (excluding diaryl/α,β-unsaturated/α-hetero) is 1. The molecule has 12 heavy (non-hydrogen) atoms. The lowest BCUT2D eigenvalue weighted by Gasteiger charge is -1.99. The maximum Gasteiger partial charge on any atom is 0.192 e. The van der Waals surface area contributed by atoms with Crippen LogP contribution in [0.15, 0.2) is 24.3 Å². The molecule has 0 saturated carbocycles. The van der Waals surface area contributed by atoms with E-state index in [0.29, 0.717) is 5.56 Å². The van der Waals surface area contributed by atoms with Crippen LogP contribution in [0.2, 0.25) is 0 Å². The first-order valence-electron chi connectivity index (χ1n) is 3.73. The highest BCUT2D eigenvalue weighted by Crippen LogP contribution is 2.23. The first-order chi connectivity index (χ1) is 5.83. The van der Waals surface area contributed by atoms with Gasteiger partial charge in [0.05, 0.1) is 0 Å². The van der Waals surface area contributed by atoms with E-state index in [9.17, 15) is 4.79 Å². The van der Waals surface area contributed by atoms with Gasteiger partial charge in [-0.3, -0.25) is 4.79 Å². The molecule has 1 aromatic rings. The second-order valence-corrected chi connectivity index (χ2v) is 2.70. The predicted octanol–water partition coefficient (Wildman–Crippen LogP) is 1.31. The molecule has 1 atom stereocenters. The molecular weight excluding hydrogens is 152 g/mol. The molecule has 2 rings (SSSR count). The Morgan fingerprint density at radius 3 is 2.83 bits per heavy atom. The Hall–Kier alpha value is -1.64. The summed E-state index contributed by atoms with van der Waals surface area (Å²) in [7, 11) is 0. The fourth-order valence-corrected chi connectivity index (χ4v) is 1.34. The molecule has 3 heteroatoms. The zero-order valence-electron chi connectivity index (χ0n) is 6.37. The van der Waals surface area contributed by atoms with E-state index in [1.54, 1.807) is 6.07 Å². The van der Waals surface area contributed by atoms with E-state index < -0.39 is 6.04 Å². The molecule has 1 unspecified atom stereocenters. The summed E-state index contributed by atoms with van der Waals surface area (Å²) in [4.78, 5) is 11.4. The van der Waals surface area contributed by atoms with Crippen molar-refractivity contribution in [1.29, 1.82) is 5.41 Å². The standard InChI is InChI=1S/C9H8N2O/c10-5-8-9(12)6-3-1-2-4-7(6)11-8/h1-5,8,10-11H. The maximum absolute atomic E-state index is 11.4. The van der Waals surface area contributed by atoms with Crippen LogP contribution in [0.1, 0.15) is 10.4 Å². The van der Waals surface area contributed by atoms with Crippen molar-refractivity contribution in [1.82, 2.24) is 0 Å². The molecule has 1 aliphatic rings. The fraction of sp³-hybridized carbons (Fsp3) is 0.111. The van der Waals surface area contributed by atoms with Gasteiger partial charge in [-0.25, -0.2) is 0 Å². The number of carbonyl (C=O) groups is 1. The minimum absolute atomic E-state index is 0.0133. The second kappa shape index (κ2) is 2.44. The van der Waals surface area contributed by atoms with Gasteiger partial charge in [-0.05, 0) is 12.1 Å². The zero-order chi connectivity index (χ0) is 8.55. The lowest BCUT2D eigenvalue weighted by Crippen LogP contribution is -2.22. The third-order valence-corrected chi connectivity index (χ3v) is 1.95. The molecule has 0 bridgehead atoms. The van der Waals surface area contributed by atoms with Crippen LogP contribution in [0.3, 0.4) is 0 Å². The highest BCUT2D eigenvalue weighted by Gasteiger charge is 2.27. The van der Waals surface area contributed by atoms with Crippen LogP contribution in [0.4, 0.5) is 5.69 Å². The number of benzene rings is 1. The van der Waals surface area contributed by atoms with E-state index in [-0.39, 0.29) is 5.78 Å². The summed E-state index contributed by atoms with van der Waals surface area (Å²) in [5.74, 6) is -0.0133. The summed E-state index contributed by atoms with van der Waals surface area (Å²) in [5.41, 5.74) is 1.52. The number of nitrogens with one attached hydrogen (secondary N) is 2. The van der Waals surface area contributed by atoms with Crippen LogP contribution in [0.25, 0.3) is 0 Å². The third-order valence-electron chi connectivity index (χ3n) is 1.95. The number of fused-ring (bicyclic) bond motifs is 1. The number of para-hydroxylation sites is 1. The molecule has 0 saturated heterocycles. The highest BCUT2D eigenvalue weighted by molar-refractivity contribution is 6.17. The largest absolute Gasteiger partial charge is 0.370 e. The molecule has 2 N–H and O–H groups in total. The minimum atomic E-state index is -0.456. The molecular formula is C9H8N2O. The molecule has 1 heterocycles. The van der Waals surface area contributed by atoms with Crippen molar-refractivity contribution in [2.24, 2.45) is 0 Å². The number of anilines is 1. The SMILES string of the molecule is N=CC1Nc2ccccc2C1=O. The average molecular weight is 160 g/mol. The Balaban J connectivity index is 2.49. The van der Waals surface area contributed by atoms with E-state index >= 15 is 0 Å². The fourth-order valence-electron chi connectivity index (χ4n) is 1.34. The van der Waals surface area contributed by atoms with Gasteiger partial charge in [0, 0.05) is 17.5 Å².